The average Bonchev–Trinajstić information content (AvgIpc) is 3.76. The maximum atomic E-state index is 13.5. The van der Waals surface area contributed by atoms with Gasteiger partial charge in [0.2, 0.25) is 0 Å². The molecule has 2 rings (SSSR count). The second kappa shape index (κ2) is 31.3. The number of quaternary nitrogens is 1. The molecule has 1 aromatic heterocycles. The monoisotopic (exact) mass is 883 g/mol. The number of allylic oxidation sites excluding steroid dienone is 2. The number of phosphoric ester groups is 1. The number of aliphatic imine (C=N–C) groups is 1. The van der Waals surface area contributed by atoms with Crippen molar-refractivity contribution < 1.29 is 50.7 Å². The van der Waals surface area contributed by atoms with E-state index in [4.69, 9.17) is 18.5 Å². The molecular formula is C46H80BF2N3O8P+. The summed E-state index contributed by atoms with van der Waals surface area (Å²) < 4.78 is 62.5. The number of aromatic nitrogens is 1. The van der Waals surface area contributed by atoms with Crippen LogP contribution >= 0.6 is 7.82 Å². The van der Waals surface area contributed by atoms with Gasteiger partial charge in [0.1, 0.15) is 19.8 Å². The van der Waals surface area contributed by atoms with Crippen molar-refractivity contribution in [3.05, 3.63) is 40.9 Å². The molecule has 0 amide bonds. The molecule has 0 saturated heterocycles. The summed E-state index contributed by atoms with van der Waals surface area (Å²) >= 11 is 0. The standard InChI is InChI=1S/C46H79BF2N3O8P/c1-7-8-9-10-11-12-13-14-15-16-20-23-26-29-45(53)57-37-43(38-59-61(55,56)58-34-33-52(4,5)6)60-46(54)30-27-24-21-18-17-19-22-25-28-41-31-32-42(50-41)36-44-39(2)35-40(3)51(44)47(48)49/h31-32,35-36,43H,7-30,33-34,37-38H2,1-6H3/p+1/b42-36-/t43-/m1/s1. The van der Waals surface area contributed by atoms with Crippen molar-refractivity contribution in [2.24, 2.45) is 4.99 Å². The number of unbranched alkanes of at least 4 members (excludes halogenated alkanes) is 19. The van der Waals surface area contributed by atoms with Gasteiger partial charge < -0.3 is 23.3 Å². The van der Waals surface area contributed by atoms with E-state index in [2.05, 4.69) is 11.9 Å². The lowest BCUT2D eigenvalue weighted by Gasteiger charge is -2.24. The Morgan fingerprint density at radius 2 is 1.31 bits per heavy atom. The number of hydrogen-bond donors (Lipinski definition) is 1. The maximum Gasteiger partial charge on any atom is 0.677 e. The van der Waals surface area contributed by atoms with E-state index in [0.29, 0.717) is 34.5 Å². The number of phosphoric acid groups is 1. The van der Waals surface area contributed by atoms with Crippen molar-refractivity contribution in [1.29, 1.82) is 0 Å². The number of rotatable bonds is 37. The van der Waals surface area contributed by atoms with Crippen LogP contribution in [-0.4, -0.2) is 92.5 Å². The maximum absolute atomic E-state index is 13.5. The van der Waals surface area contributed by atoms with E-state index in [9.17, 15) is 27.7 Å². The molecular weight excluding hydrogens is 802 g/mol. The Balaban J connectivity index is 1.64. The van der Waals surface area contributed by atoms with Crippen LogP contribution in [-0.2, 0) is 32.7 Å². The fraction of sp³-hybridized carbons (Fsp3) is 0.761. The summed E-state index contributed by atoms with van der Waals surface area (Å²) in [6.07, 6.45) is 29.3. The molecule has 0 fully saturated rings. The highest BCUT2D eigenvalue weighted by Gasteiger charge is 2.27. The fourth-order valence-corrected chi connectivity index (χ4v) is 7.99. The second-order valence-corrected chi connectivity index (χ2v) is 19.2. The van der Waals surface area contributed by atoms with Gasteiger partial charge in [-0.15, -0.1) is 0 Å². The van der Waals surface area contributed by atoms with E-state index in [1.54, 1.807) is 19.1 Å². The van der Waals surface area contributed by atoms with E-state index in [1.165, 1.54) is 64.2 Å². The summed E-state index contributed by atoms with van der Waals surface area (Å²) in [5.41, 5.74) is 3.48. The van der Waals surface area contributed by atoms with Crippen LogP contribution in [0.15, 0.2) is 28.9 Å². The van der Waals surface area contributed by atoms with Gasteiger partial charge in [-0.3, -0.25) is 32.3 Å². The summed E-state index contributed by atoms with van der Waals surface area (Å²) in [5.74, 6) is -0.873. The van der Waals surface area contributed by atoms with Crippen molar-refractivity contribution >= 4 is 39.0 Å². The molecule has 348 valence electrons. The molecule has 11 nitrogen and oxygen atoms in total. The van der Waals surface area contributed by atoms with E-state index in [0.717, 1.165) is 86.4 Å². The normalized spacial score (nSPS) is 15.0. The lowest BCUT2D eigenvalue weighted by molar-refractivity contribution is -0.870. The minimum atomic E-state index is -4.41. The number of aryl methyl sites for hydroxylation is 2. The molecule has 1 aliphatic rings. The van der Waals surface area contributed by atoms with E-state index in [-0.39, 0.29) is 26.1 Å². The summed E-state index contributed by atoms with van der Waals surface area (Å²) in [6.45, 7) is 5.55. The van der Waals surface area contributed by atoms with Crippen molar-refractivity contribution in [1.82, 2.24) is 4.48 Å². The quantitative estimate of drug-likeness (QED) is 0.0230. The number of halogens is 2. The molecule has 0 aromatic carbocycles. The molecule has 61 heavy (non-hydrogen) atoms. The minimum absolute atomic E-state index is 0.00649. The van der Waals surface area contributed by atoms with Crippen molar-refractivity contribution in [2.75, 3.05) is 47.5 Å². The van der Waals surface area contributed by atoms with Crippen LogP contribution in [0.25, 0.3) is 6.08 Å². The zero-order valence-electron chi connectivity index (χ0n) is 38.6. The van der Waals surface area contributed by atoms with Crippen LogP contribution in [0.2, 0.25) is 0 Å². The third-order valence-electron chi connectivity index (χ3n) is 10.9. The zero-order valence-corrected chi connectivity index (χ0v) is 39.5. The lowest BCUT2D eigenvalue weighted by atomic mass is 10.0. The number of carbonyl (C=O) groups excluding carboxylic acids is 2. The average molecular weight is 883 g/mol. The smallest absolute Gasteiger partial charge is 0.462 e. The molecule has 2 atom stereocenters. The molecule has 15 heteroatoms. The minimum Gasteiger partial charge on any atom is -0.462 e. The van der Waals surface area contributed by atoms with Gasteiger partial charge in [-0.2, -0.15) is 0 Å². The molecule has 0 radical (unpaired) electrons. The largest absolute Gasteiger partial charge is 0.677 e. The first-order valence-corrected chi connectivity index (χ1v) is 24.8. The molecule has 0 saturated carbocycles. The number of hydrogen-bond acceptors (Lipinski definition) is 8. The van der Waals surface area contributed by atoms with Gasteiger partial charge >= 0.3 is 27.2 Å². The van der Waals surface area contributed by atoms with Crippen LogP contribution in [0.3, 0.4) is 0 Å². The van der Waals surface area contributed by atoms with Crippen molar-refractivity contribution in [3.63, 3.8) is 0 Å². The van der Waals surface area contributed by atoms with Gasteiger partial charge in [-0.1, -0.05) is 122 Å². The highest BCUT2D eigenvalue weighted by molar-refractivity contribution is 7.47. The van der Waals surface area contributed by atoms with Crippen LogP contribution in [0, 0.1) is 13.8 Å². The van der Waals surface area contributed by atoms with Crippen molar-refractivity contribution in [2.45, 2.75) is 181 Å². The number of nitrogens with zero attached hydrogens (tertiary/aromatic N) is 3. The van der Waals surface area contributed by atoms with Gasteiger partial charge in [-0.05, 0) is 69.4 Å². The topological polar surface area (TPSA) is 126 Å². The molecule has 0 spiro atoms. The Morgan fingerprint density at radius 3 is 1.85 bits per heavy atom. The zero-order chi connectivity index (χ0) is 44.9. The van der Waals surface area contributed by atoms with Crippen LogP contribution in [0.4, 0.5) is 8.63 Å². The third kappa shape index (κ3) is 26.6. The van der Waals surface area contributed by atoms with E-state index < -0.39 is 39.9 Å². The molecule has 0 bridgehead atoms. The molecule has 1 N–H and O–H groups in total. The van der Waals surface area contributed by atoms with E-state index in [1.807, 2.05) is 40.2 Å². The van der Waals surface area contributed by atoms with Crippen LogP contribution in [0.1, 0.15) is 178 Å². The summed E-state index contributed by atoms with van der Waals surface area (Å²) in [7, 11) is -1.20. The predicted molar refractivity (Wildman–Crippen MR) is 244 cm³/mol. The first-order valence-electron chi connectivity index (χ1n) is 23.3. The Morgan fingerprint density at radius 1 is 0.787 bits per heavy atom. The highest BCUT2D eigenvalue weighted by Crippen LogP contribution is 2.43. The molecule has 1 aromatic rings. The second-order valence-electron chi connectivity index (χ2n) is 17.7. The molecule has 1 unspecified atom stereocenters. The number of ether oxygens (including phenoxy) is 2. The third-order valence-corrected chi connectivity index (χ3v) is 11.9. The Hall–Kier alpha value is -2.64. The van der Waals surface area contributed by atoms with Gasteiger partial charge in [0.05, 0.1) is 33.4 Å². The first kappa shape index (κ1) is 54.5. The highest BCUT2D eigenvalue weighted by atomic mass is 31.2. The number of esters is 2. The van der Waals surface area contributed by atoms with Gasteiger partial charge in [0.15, 0.2) is 6.10 Å². The first-order chi connectivity index (χ1) is 29.1. The number of carbonyl (C=O) groups is 2. The molecule has 0 aliphatic carbocycles. The lowest BCUT2D eigenvalue weighted by Crippen LogP contribution is -2.37. The summed E-state index contributed by atoms with van der Waals surface area (Å²) in [5, 5.41) is 0. The predicted octanol–water partition coefficient (Wildman–Crippen LogP) is 11.9. The van der Waals surface area contributed by atoms with Crippen LogP contribution in [0.5, 0.6) is 0 Å². The SMILES string of the molecule is CCCCCCCCCCCCCCCC(=O)OC[C@H](COP(=O)(O)OCC[N+](C)(C)C)OC(=O)CCCCCCCCCCC1=N/C(=C\c2c(C)cc(C)n2B(F)F)C=C1. The summed E-state index contributed by atoms with van der Waals surface area (Å²) in [4.78, 5) is 40.1. The van der Waals surface area contributed by atoms with Crippen molar-refractivity contribution in [3.8, 4) is 0 Å². The van der Waals surface area contributed by atoms with Crippen LogP contribution < -0.4 is 0 Å². The van der Waals surface area contributed by atoms with Gasteiger partial charge in [-0.25, -0.2) is 4.57 Å². The summed E-state index contributed by atoms with van der Waals surface area (Å²) in [6, 6.07) is 1.76. The molecule has 2 heterocycles. The van der Waals surface area contributed by atoms with E-state index >= 15 is 0 Å². The van der Waals surface area contributed by atoms with Gasteiger partial charge in [0.25, 0.3) is 0 Å². The molecule has 1 aliphatic heterocycles. The van der Waals surface area contributed by atoms with Gasteiger partial charge in [0, 0.05) is 29.9 Å². The Kier molecular flexibility index (Phi) is 27.9. The Labute approximate surface area is 367 Å². The fourth-order valence-electron chi connectivity index (χ4n) is 7.25. The Bertz CT molecular complexity index is 1540. The number of likely N-dealkylation sites (N-methyl/N-ethyl adjacent to an activating group) is 1.